The van der Waals surface area contributed by atoms with Gasteiger partial charge in [0.15, 0.2) is 6.20 Å². The van der Waals surface area contributed by atoms with Crippen LogP contribution in [0.1, 0.15) is 13.8 Å². The third-order valence-corrected chi connectivity index (χ3v) is 3.72. The number of amides is 3. The summed E-state index contributed by atoms with van der Waals surface area (Å²) in [4.78, 5) is 22.4. The summed E-state index contributed by atoms with van der Waals surface area (Å²) in [6, 6.07) is 4.03. The van der Waals surface area contributed by atoms with Crippen LogP contribution in [-0.4, -0.2) is 17.2 Å². The van der Waals surface area contributed by atoms with Gasteiger partial charge in [0, 0.05) is 12.1 Å². The van der Waals surface area contributed by atoms with E-state index in [2.05, 4.69) is 0 Å². The van der Waals surface area contributed by atoms with E-state index in [-0.39, 0.29) is 5.92 Å². The number of carbonyl (C=O) groups excluding carboxylic acids is 2. The number of hydrogen-bond donors (Lipinski definition) is 2. The van der Waals surface area contributed by atoms with E-state index in [1.54, 1.807) is 18.2 Å². The van der Waals surface area contributed by atoms with Gasteiger partial charge >= 0.3 is 6.03 Å². The van der Waals surface area contributed by atoms with E-state index >= 15 is 0 Å². The van der Waals surface area contributed by atoms with Crippen LogP contribution in [0.15, 0.2) is 29.4 Å². The van der Waals surface area contributed by atoms with Crippen LogP contribution >= 0.6 is 11.8 Å². The van der Waals surface area contributed by atoms with Crippen molar-refractivity contribution < 1.29 is 14.3 Å². The van der Waals surface area contributed by atoms with Crippen LogP contribution in [0.25, 0.3) is 0 Å². The standard InChI is InChI=1S/C11H15N3O3S/c1-7(2)9(10(15)13-11(12)16)18-8-5-3-4-6-14(8)17/h3-7,9H,1-2H3,(H3,12,13,15,16). The van der Waals surface area contributed by atoms with Crippen molar-refractivity contribution in [1.82, 2.24) is 5.32 Å². The van der Waals surface area contributed by atoms with Gasteiger partial charge in [-0.1, -0.05) is 13.8 Å². The van der Waals surface area contributed by atoms with Crippen molar-refractivity contribution in [3.8, 4) is 0 Å². The number of thioether (sulfide) groups is 1. The Kier molecular flexibility index (Phi) is 4.96. The summed E-state index contributed by atoms with van der Waals surface area (Å²) in [7, 11) is 0. The van der Waals surface area contributed by atoms with Gasteiger partial charge in [0.1, 0.15) is 0 Å². The van der Waals surface area contributed by atoms with Crippen molar-refractivity contribution in [3.05, 3.63) is 29.6 Å². The molecule has 1 aromatic heterocycles. The second-order valence-corrected chi connectivity index (χ2v) is 5.16. The zero-order valence-corrected chi connectivity index (χ0v) is 10.9. The van der Waals surface area contributed by atoms with Crippen LogP contribution in [0.3, 0.4) is 0 Å². The fraction of sp³-hybridized carbons (Fsp3) is 0.364. The summed E-state index contributed by atoms with van der Waals surface area (Å²) in [6.45, 7) is 3.66. The summed E-state index contributed by atoms with van der Waals surface area (Å²) in [6.07, 6.45) is 1.35. The molecular formula is C11H15N3O3S. The second-order valence-electron chi connectivity index (χ2n) is 4.00. The SMILES string of the molecule is CC(C)C(Sc1cccc[n+]1[O-])C(=O)NC(N)=O. The lowest BCUT2D eigenvalue weighted by Crippen LogP contribution is -2.43. The van der Waals surface area contributed by atoms with Gasteiger partial charge in [-0.15, -0.1) is 0 Å². The maximum atomic E-state index is 11.8. The van der Waals surface area contributed by atoms with Crippen LogP contribution in [0.2, 0.25) is 0 Å². The summed E-state index contributed by atoms with van der Waals surface area (Å²) in [5.41, 5.74) is 4.91. The molecule has 0 spiro atoms. The first-order valence-electron chi connectivity index (χ1n) is 5.37. The number of nitrogens with zero attached hydrogens (tertiary/aromatic N) is 1. The van der Waals surface area contributed by atoms with E-state index in [9.17, 15) is 14.8 Å². The van der Waals surface area contributed by atoms with Crippen molar-refractivity contribution >= 4 is 23.7 Å². The third kappa shape index (κ3) is 3.92. The van der Waals surface area contributed by atoms with Gasteiger partial charge in [0.2, 0.25) is 5.91 Å². The first-order chi connectivity index (χ1) is 8.41. The van der Waals surface area contributed by atoms with Crippen molar-refractivity contribution in [3.63, 3.8) is 0 Å². The minimum absolute atomic E-state index is 0.0467. The number of hydrogen-bond acceptors (Lipinski definition) is 4. The molecule has 98 valence electrons. The average Bonchev–Trinajstić information content (AvgIpc) is 2.26. The van der Waals surface area contributed by atoms with E-state index < -0.39 is 17.2 Å². The maximum absolute atomic E-state index is 11.8. The summed E-state index contributed by atoms with van der Waals surface area (Å²) < 4.78 is 0.678. The van der Waals surface area contributed by atoms with Crippen molar-refractivity contribution in [2.24, 2.45) is 11.7 Å². The van der Waals surface area contributed by atoms with E-state index in [0.717, 1.165) is 11.8 Å². The van der Waals surface area contributed by atoms with Gasteiger partial charge in [-0.3, -0.25) is 10.1 Å². The van der Waals surface area contributed by atoms with E-state index in [1.807, 2.05) is 19.2 Å². The first kappa shape index (κ1) is 14.3. The van der Waals surface area contributed by atoms with E-state index in [4.69, 9.17) is 5.73 Å². The molecule has 0 radical (unpaired) electrons. The van der Waals surface area contributed by atoms with Gasteiger partial charge in [-0.2, -0.15) is 4.73 Å². The molecule has 6 nitrogen and oxygen atoms in total. The van der Waals surface area contributed by atoms with Crippen LogP contribution in [-0.2, 0) is 4.79 Å². The molecule has 3 N–H and O–H groups in total. The predicted octanol–water partition coefficient (Wildman–Crippen LogP) is 0.632. The molecule has 18 heavy (non-hydrogen) atoms. The van der Waals surface area contributed by atoms with Gasteiger partial charge in [-0.25, -0.2) is 4.79 Å². The molecule has 0 aromatic carbocycles. The van der Waals surface area contributed by atoms with Crippen molar-refractivity contribution in [2.45, 2.75) is 24.1 Å². The Labute approximate surface area is 109 Å². The lowest BCUT2D eigenvalue weighted by Gasteiger charge is -2.17. The molecule has 0 bridgehead atoms. The number of pyridine rings is 1. The van der Waals surface area contributed by atoms with Gasteiger partial charge < -0.3 is 10.9 Å². The molecule has 1 unspecified atom stereocenters. The number of rotatable bonds is 4. The van der Waals surface area contributed by atoms with Crippen molar-refractivity contribution in [1.29, 1.82) is 0 Å². The fourth-order valence-electron chi connectivity index (χ4n) is 1.32. The van der Waals surface area contributed by atoms with Crippen LogP contribution in [0, 0.1) is 11.1 Å². The molecular weight excluding hydrogens is 254 g/mol. The minimum Gasteiger partial charge on any atom is -0.618 e. The highest BCUT2D eigenvalue weighted by molar-refractivity contribution is 8.00. The third-order valence-electron chi connectivity index (χ3n) is 2.15. The lowest BCUT2D eigenvalue weighted by molar-refractivity contribution is -0.645. The summed E-state index contributed by atoms with van der Waals surface area (Å²) >= 11 is 1.10. The zero-order chi connectivity index (χ0) is 13.7. The number of primary amides is 1. The molecule has 0 aliphatic heterocycles. The monoisotopic (exact) mass is 269 g/mol. The highest BCUT2D eigenvalue weighted by atomic mass is 32.2. The fourth-order valence-corrected chi connectivity index (χ4v) is 2.34. The van der Waals surface area contributed by atoms with Crippen LogP contribution < -0.4 is 15.8 Å². The largest absolute Gasteiger partial charge is 0.618 e. The topological polar surface area (TPSA) is 99.1 Å². The molecule has 0 saturated carbocycles. The Morgan fingerprint density at radius 2 is 2.11 bits per heavy atom. The van der Waals surface area contributed by atoms with Crippen LogP contribution in [0.5, 0.6) is 0 Å². The molecule has 1 rings (SSSR count). The Hall–Kier alpha value is -1.76. The van der Waals surface area contributed by atoms with Crippen molar-refractivity contribution in [2.75, 3.05) is 0 Å². The lowest BCUT2D eigenvalue weighted by atomic mass is 10.1. The smallest absolute Gasteiger partial charge is 0.318 e. The highest BCUT2D eigenvalue weighted by Gasteiger charge is 2.27. The highest BCUT2D eigenvalue weighted by Crippen LogP contribution is 2.25. The second kappa shape index (κ2) is 6.25. The van der Waals surface area contributed by atoms with E-state index in [1.165, 1.54) is 6.20 Å². The molecule has 0 aliphatic rings. The molecule has 0 fully saturated rings. The molecule has 1 heterocycles. The summed E-state index contributed by atoms with van der Waals surface area (Å²) in [5, 5.41) is 13.4. The Bertz CT molecular complexity index is 451. The molecule has 1 atom stereocenters. The number of nitrogens with two attached hydrogens (primary N) is 1. The number of urea groups is 1. The van der Waals surface area contributed by atoms with Gasteiger partial charge in [0.25, 0.3) is 5.03 Å². The Morgan fingerprint density at radius 1 is 1.44 bits per heavy atom. The predicted molar refractivity (Wildman–Crippen MR) is 67.6 cm³/mol. The number of aromatic nitrogens is 1. The van der Waals surface area contributed by atoms with Crippen LogP contribution in [0.4, 0.5) is 4.79 Å². The molecule has 1 aromatic rings. The Balaban J connectivity index is 2.84. The normalized spacial score (nSPS) is 12.2. The average molecular weight is 269 g/mol. The van der Waals surface area contributed by atoms with Gasteiger partial charge in [0.05, 0.1) is 5.25 Å². The quantitative estimate of drug-likeness (QED) is 0.476. The molecule has 7 heteroatoms. The number of carbonyl (C=O) groups is 2. The van der Waals surface area contributed by atoms with E-state index in [0.29, 0.717) is 9.76 Å². The minimum atomic E-state index is -0.894. The first-order valence-corrected chi connectivity index (χ1v) is 6.25. The molecule has 0 aliphatic carbocycles. The number of imide groups is 1. The Morgan fingerprint density at radius 3 is 2.61 bits per heavy atom. The molecule has 0 saturated heterocycles. The zero-order valence-electron chi connectivity index (χ0n) is 10.1. The number of nitrogens with one attached hydrogen (secondary N) is 1. The van der Waals surface area contributed by atoms with Gasteiger partial charge in [-0.05, 0) is 23.7 Å². The maximum Gasteiger partial charge on any atom is 0.318 e. The summed E-state index contributed by atoms with van der Waals surface area (Å²) in [5.74, 6) is -0.541. The molecule has 3 amide bonds.